The number of hydrogen-bond acceptors (Lipinski definition) is 1. The van der Waals surface area contributed by atoms with Crippen molar-refractivity contribution in [3.63, 3.8) is 0 Å². The molecule has 1 aliphatic carbocycles. The summed E-state index contributed by atoms with van der Waals surface area (Å²) in [5.74, 6) is 0.526. The second kappa shape index (κ2) is 6.29. The Balaban J connectivity index is 1.74. The standard InChI is InChI=1S/C28H27N/c1-17(2)19-10-11-22-20(15-19)12-13-29-27(22)21-14-18(3)26-23-8-6-7-9-24(23)28(4,5)25(26)16-21/h6-17H,1-5H3. The predicted molar refractivity (Wildman–Crippen MR) is 124 cm³/mol. The van der Waals surface area contributed by atoms with Crippen LogP contribution in [0, 0.1) is 6.92 Å². The SMILES string of the molecule is Cc1cc(-c2nccc3cc(C(C)C)ccc23)cc2c1-c1ccccc1C2(C)C. The van der Waals surface area contributed by atoms with E-state index in [1.54, 1.807) is 0 Å². The van der Waals surface area contributed by atoms with E-state index in [0.29, 0.717) is 5.92 Å². The summed E-state index contributed by atoms with van der Waals surface area (Å²) in [4.78, 5) is 4.82. The molecule has 0 bridgehead atoms. The average molecular weight is 378 g/mol. The van der Waals surface area contributed by atoms with Crippen LogP contribution in [0.2, 0.25) is 0 Å². The molecule has 1 heteroatoms. The van der Waals surface area contributed by atoms with E-state index in [0.717, 1.165) is 5.69 Å². The van der Waals surface area contributed by atoms with Gasteiger partial charge < -0.3 is 0 Å². The van der Waals surface area contributed by atoms with E-state index in [-0.39, 0.29) is 5.41 Å². The van der Waals surface area contributed by atoms with Gasteiger partial charge in [-0.05, 0) is 69.8 Å². The molecule has 0 spiro atoms. The number of fused-ring (bicyclic) bond motifs is 4. The van der Waals surface area contributed by atoms with Gasteiger partial charge in [-0.15, -0.1) is 0 Å². The normalized spacial score (nSPS) is 14.3. The van der Waals surface area contributed by atoms with Crippen molar-refractivity contribution in [3.05, 3.63) is 89.1 Å². The minimum absolute atomic E-state index is 0.00208. The average Bonchev–Trinajstić information content (AvgIpc) is 2.95. The van der Waals surface area contributed by atoms with Crippen LogP contribution in [0.25, 0.3) is 33.2 Å². The fourth-order valence-corrected chi connectivity index (χ4v) is 4.95. The minimum atomic E-state index is 0.00208. The number of pyridine rings is 1. The van der Waals surface area contributed by atoms with E-state index in [2.05, 4.69) is 95.3 Å². The summed E-state index contributed by atoms with van der Waals surface area (Å²) in [6, 6.07) is 22.5. The summed E-state index contributed by atoms with van der Waals surface area (Å²) >= 11 is 0. The molecule has 0 amide bonds. The molecule has 0 saturated heterocycles. The third-order valence-corrected chi connectivity index (χ3v) is 6.61. The van der Waals surface area contributed by atoms with E-state index in [9.17, 15) is 0 Å². The molecule has 1 nitrogen and oxygen atoms in total. The highest BCUT2D eigenvalue weighted by Crippen LogP contribution is 2.51. The van der Waals surface area contributed by atoms with Crippen LogP contribution in [0.3, 0.4) is 0 Å². The summed E-state index contributed by atoms with van der Waals surface area (Å²) in [7, 11) is 0. The fraction of sp³-hybridized carbons (Fsp3) is 0.250. The van der Waals surface area contributed by atoms with Crippen LogP contribution in [0.15, 0.2) is 66.9 Å². The number of nitrogens with zero attached hydrogens (tertiary/aromatic N) is 1. The Labute approximate surface area is 173 Å². The zero-order chi connectivity index (χ0) is 20.3. The second-order valence-electron chi connectivity index (χ2n) is 9.18. The van der Waals surface area contributed by atoms with Gasteiger partial charge in [-0.3, -0.25) is 4.98 Å². The molecular formula is C28H27N. The van der Waals surface area contributed by atoms with Crippen LogP contribution in [0.1, 0.15) is 55.9 Å². The maximum Gasteiger partial charge on any atom is 0.0780 e. The van der Waals surface area contributed by atoms with E-state index in [4.69, 9.17) is 4.98 Å². The molecule has 0 saturated carbocycles. The number of hydrogen-bond donors (Lipinski definition) is 0. The van der Waals surface area contributed by atoms with E-state index < -0.39 is 0 Å². The van der Waals surface area contributed by atoms with Crippen molar-refractivity contribution in [2.45, 2.75) is 46.0 Å². The maximum absolute atomic E-state index is 4.82. The quantitative estimate of drug-likeness (QED) is 0.350. The summed E-state index contributed by atoms with van der Waals surface area (Å²) in [6.07, 6.45) is 1.95. The zero-order valence-electron chi connectivity index (χ0n) is 17.9. The van der Waals surface area contributed by atoms with Gasteiger partial charge in [0.2, 0.25) is 0 Å². The van der Waals surface area contributed by atoms with Crippen molar-refractivity contribution in [1.29, 1.82) is 0 Å². The number of aryl methyl sites for hydroxylation is 1. The van der Waals surface area contributed by atoms with Crippen molar-refractivity contribution in [2.24, 2.45) is 0 Å². The molecule has 0 N–H and O–H groups in total. The maximum atomic E-state index is 4.82. The Bertz CT molecular complexity index is 1260. The second-order valence-corrected chi connectivity index (χ2v) is 9.18. The van der Waals surface area contributed by atoms with Gasteiger partial charge in [-0.25, -0.2) is 0 Å². The molecule has 1 aromatic heterocycles. The van der Waals surface area contributed by atoms with Gasteiger partial charge in [0, 0.05) is 22.6 Å². The van der Waals surface area contributed by atoms with Crippen LogP contribution >= 0.6 is 0 Å². The Hall–Kier alpha value is -2.93. The molecule has 0 unspecified atom stereocenters. The van der Waals surface area contributed by atoms with Gasteiger partial charge >= 0.3 is 0 Å². The lowest BCUT2D eigenvalue weighted by atomic mass is 9.81. The highest BCUT2D eigenvalue weighted by Gasteiger charge is 2.36. The van der Waals surface area contributed by atoms with Gasteiger partial charge in [0.05, 0.1) is 5.69 Å². The molecule has 0 radical (unpaired) electrons. The molecule has 1 heterocycles. The molecule has 1 aliphatic rings. The van der Waals surface area contributed by atoms with E-state index in [1.807, 2.05) is 6.20 Å². The minimum Gasteiger partial charge on any atom is -0.256 e. The van der Waals surface area contributed by atoms with Crippen LogP contribution < -0.4 is 0 Å². The van der Waals surface area contributed by atoms with Crippen LogP contribution in [0.4, 0.5) is 0 Å². The summed E-state index contributed by atoms with van der Waals surface area (Å²) in [5, 5.41) is 2.49. The third-order valence-electron chi connectivity index (χ3n) is 6.61. The molecule has 0 fully saturated rings. The lowest BCUT2D eigenvalue weighted by Gasteiger charge is -2.22. The van der Waals surface area contributed by atoms with Crippen molar-refractivity contribution in [1.82, 2.24) is 4.98 Å². The molecule has 0 aliphatic heterocycles. The fourth-order valence-electron chi connectivity index (χ4n) is 4.95. The Kier molecular flexibility index (Phi) is 3.93. The van der Waals surface area contributed by atoms with Crippen LogP contribution in [-0.4, -0.2) is 4.98 Å². The van der Waals surface area contributed by atoms with Crippen LogP contribution in [0.5, 0.6) is 0 Å². The van der Waals surface area contributed by atoms with E-state index in [1.165, 1.54) is 49.7 Å². The first-order valence-corrected chi connectivity index (χ1v) is 10.5. The summed E-state index contributed by atoms with van der Waals surface area (Å²) in [6.45, 7) is 11.4. The molecule has 0 atom stereocenters. The number of rotatable bonds is 2. The Morgan fingerprint density at radius 3 is 2.45 bits per heavy atom. The largest absolute Gasteiger partial charge is 0.256 e. The highest BCUT2D eigenvalue weighted by molar-refractivity contribution is 5.96. The van der Waals surface area contributed by atoms with Gasteiger partial charge in [0.15, 0.2) is 0 Å². The van der Waals surface area contributed by atoms with Crippen LogP contribution in [-0.2, 0) is 5.41 Å². The molecule has 3 aromatic carbocycles. The highest BCUT2D eigenvalue weighted by atomic mass is 14.7. The first-order chi connectivity index (χ1) is 13.9. The molecule has 4 aromatic rings. The lowest BCUT2D eigenvalue weighted by Crippen LogP contribution is -2.15. The predicted octanol–water partition coefficient (Wildman–Crippen LogP) is 7.64. The first kappa shape index (κ1) is 18.1. The van der Waals surface area contributed by atoms with Gasteiger partial charge in [0.25, 0.3) is 0 Å². The molecular weight excluding hydrogens is 350 g/mol. The monoisotopic (exact) mass is 377 g/mol. The summed E-state index contributed by atoms with van der Waals surface area (Å²) in [5.41, 5.74) is 10.6. The van der Waals surface area contributed by atoms with Gasteiger partial charge in [-0.2, -0.15) is 0 Å². The van der Waals surface area contributed by atoms with Crippen molar-refractivity contribution < 1.29 is 0 Å². The summed E-state index contributed by atoms with van der Waals surface area (Å²) < 4.78 is 0. The van der Waals surface area contributed by atoms with Crippen molar-refractivity contribution in [2.75, 3.05) is 0 Å². The molecule has 29 heavy (non-hydrogen) atoms. The van der Waals surface area contributed by atoms with Crippen molar-refractivity contribution >= 4 is 10.8 Å². The topological polar surface area (TPSA) is 12.9 Å². The lowest BCUT2D eigenvalue weighted by molar-refractivity contribution is 0.660. The Morgan fingerprint density at radius 1 is 0.862 bits per heavy atom. The molecule has 5 rings (SSSR count). The zero-order valence-corrected chi connectivity index (χ0v) is 17.9. The Morgan fingerprint density at radius 2 is 1.66 bits per heavy atom. The van der Waals surface area contributed by atoms with Gasteiger partial charge in [0.1, 0.15) is 0 Å². The van der Waals surface area contributed by atoms with Crippen molar-refractivity contribution in [3.8, 4) is 22.4 Å². The first-order valence-electron chi connectivity index (χ1n) is 10.5. The number of aromatic nitrogens is 1. The third kappa shape index (κ3) is 2.64. The molecule has 144 valence electrons. The smallest absolute Gasteiger partial charge is 0.0780 e. The number of benzene rings is 3. The van der Waals surface area contributed by atoms with Gasteiger partial charge in [-0.1, -0.05) is 70.2 Å². The van der Waals surface area contributed by atoms with E-state index >= 15 is 0 Å².